The highest BCUT2D eigenvalue weighted by atomic mass is 16.6. The molecule has 2 aliphatic carbocycles. The number of benzene rings is 2. The maximum Gasteiger partial charge on any atom is 0.339 e. The number of amides is 1. The average molecular weight is 431 g/mol. The molecule has 2 aromatic rings. The molecule has 2 aromatic carbocycles. The van der Waals surface area contributed by atoms with E-state index < -0.39 is 11.0 Å². The number of esters is 2. The van der Waals surface area contributed by atoms with Gasteiger partial charge in [-0.25, -0.2) is 4.79 Å². The van der Waals surface area contributed by atoms with Crippen molar-refractivity contribution < 1.29 is 23.9 Å². The Hall–Kier alpha value is -3.15. The van der Waals surface area contributed by atoms with Gasteiger partial charge < -0.3 is 14.4 Å². The van der Waals surface area contributed by atoms with Crippen molar-refractivity contribution in [3.63, 3.8) is 0 Å². The van der Waals surface area contributed by atoms with Crippen molar-refractivity contribution in [3.8, 4) is 0 Å². The zero-order valence-electron chi connectivity index (χ0n) is 17.8. The van der Waals surface area contributed by atoms with Gasteiger partial charge in [0.15, 0.2) is 5.60 Å². The maximum atomic E-state index is 13.6. The molecule has 0 N–H and O–H groups in total. The molecule has 2 aliphatic heterocycles. The Bertz CT molecular complexity index is 1120. The number of rotatable bonds is 5. The van der Waals surface area contributed by atoms with Gasteiger partial charge in [-0.2, -0.15) is 0 Å². The SMILES string of the molecule is O=C(Cc1ccc(C2(C(=O)N3CCC4(C3)OC(=O)c3ccccc34)CC2)cc1)OC1CC1. The molecule has 4 aliphatic rings. The van der Waals surface area contributed by atoms with Crippen LogP contribution in [0, 0.1) is 0 Å². The third-order valence-electron chi connectivity index (χ3n) is 7.28. The van der Waals surface area contributed by atoms with Gasteiger partial charge in [0.25, 0.3) is 0 Å². The van der Waals surface area contributed by atoms with E-state index in [1.807, 2.05) is 47.4 Å². The lowest BCUT2D eigenvalue weighted by Crippen LogP contribution is -2.40. The Morgan fingerprint density at radius 3 is 2.50 bits per heavy atom. The molecule has 1 atom stereocenters. The molecule has 1 unspecified atom stereocenters. The van der Waals surface area contributed by atoms with Crippen LogP contribution >= 0.6 is 0 Å². The van der Waals surface area contributed by atoms with E-state index in [4.69, 9.17) is 9.47 Å². The molecule has 6 rings (SSSR count). The lowest BCUT2D eigenvalue weighted by atomic mass is 9.91. The zero-order chi connectivity index (χ0) is 21.9. The van der Waals surface area contributed by atoms with E-state index in [1.165, 1.54) is 0 Å². The fourth-order valence-electron chi connectivity index (χ4n) is 5.18. The van der Waals surface area contributed by atoms with Gasteiger partial charge in [0.1, 0.15) is 6.10 Å². The van der Waals surface area contributed by atoms with Crippen LogP contribution in [0.3, 0.4) is 0 Å². The van der Waals surface area contributed by atoms with Crippen molar-refractivity contribution >= 4 is 17.8 Å². The minimum Gasteiger partial charge on any atom is -0.462 e. The predicted molar refractivity (Wildman–Crippen MR) is 115 cm³/mol. The Morgan fingerprint density at radius 1 is 1.03 bits per heavy atom. The molecule has 6 nitrogen and oxygen atoms in total. The molecular weight excluding hydrogens is 406 g/mol. The van der Waals surface area contributed by atoms with Crippen LogP contribution in [0.15, 0.2) is 48.5 Å². The summed E-state index contributed by atoms with van der Waals surface area (Å²) in [6.45, 7) is 0.981. The molecule has 2 saturated carbocycles. The minimum absolute atomic E-state index is 0.107. The predicted octanol–water partition coefficient (Wildman–Crippen LogP) is 3.26. The van der Waals surface area contributed by atoms with E-state index in [2.05, 4.69) is 0 Å². The number of nitrogens with zero attached hydrogens (tertiary/aromatic N) is 1. The van der Waals surface area contributed by atoms with Gasteiger partial charge in [0.05, 0.1) is 23.9 Å². The Balaban J connectivity index is 1.17. The third kappa shape index (κ3) is 3.12. The molecule has 0 aromatic heterocycles. The normalized spacial score (nSPS) is 24.9. The maximum absolute atomic E-state index is 13.6. The second kappa shape index (κ2) is 6.92. The summed E-state index contributed by atoms with van der Waals surface area (Å²) >= 11 is 0. The first-order valence-electron chi connectivity index (χ1n) is 11.4. The van der Waals surface area contributed by atoms with E-state index >= 15 is 0 Å². The summed E-state index contributed by atoms with van der Waals surface area (Å²) in [4.78, 5) is 39.7. The lowest BCUT2D eigenvalue weighted by molar-refractivity contribution is -0.144. The molecule has 1 amide bonds. The van der Waals surface area contributed by atoms with Gasteiger partial charge in [-0.1, -0.05) is 42.5 Å². The van der Waals surface area contributed by atoms with Crippen LogP contribution in [0.1, 0.15) is 59.2 Å². The fraction of sp³-hybridized carbons (Fsp3) is 0.423. The second-order valence-electron chi connectivity index (χ2n) is 9.55. The second-order valence-corrected chi connectivity index (χ2v) is 9.55. The molecule has 32 heavy (non-hydrogen) atoms. The molecule has 2 heterocycles. The van der Waals surface area contributed by atoms with Crippen molar-refractivity contribution in [2.45, 2.75) is 55.6 Å². The van der Waals surface area contributed by atoms with E-state index in [0.717, 1.165) is 42.4 Å². The summed E-state index contributed by atoms with van der Waals surface area (Å²) in [5.41, 5.74) is 2.18. The molecular formula is C26H25NO5. The number of hydrogen-bond acceptors (Lipinski definition) is 5. The van der Waals surface area contributed by atoms with E-state index in [1.54, 1.807) is 6.07 Å². The zero-order valence-corrected chi connectivity index (χ0v) is 17.8. The number of carbonyl (C=O) groups is 3. The summed E-state index contributed by atoms with van der Waals surface area (Å²) in [5, 5.41) is 0. The highest BCUT2D eigenvalue weighted by Crippen LogP contribution is 2.52. The number of fused-ring (bicyclic) bond motifs is 2. The first kappa shape index (κ1) is 19.5. The largest absolute Gasteiger partial charge is 0.462 e. The van der Waals surface area contributed by atoms with Gasteiger partial charge in [-0.3, -0.25) is 9.59 Å². The van der Waals surface area contributed by atoms with Gasteiger partial charge in [0.2, 0.25) is 5.91 Å². The van der Waals surface area contributed by atoms with E-state index in [0.29, 0.717) is 25.1 Å². The highest BCUT2D eigenvalue weighted by Gasteiger charge is 2.57. The van der Waals surface area contributed by atoms with Crippen LogP contribution in [0.4, 0.5) is 0 Å². The van der Waals surface area contributed by atoms with Gasteiger partial charge in [-0.05, 0) is 42.9 Å². The molecule has 0 bridgehead atoms. The van der Waals surface area contributed by atoms with Crippen LogP contribution in [-0.4, -0.2) is 41.9 Å². The standard InChI is InChI=1S/C26H25NO5/c28-22(31-19-9-10-19)15-17-5-7-18(8-6-17)25(11-12-25)24(30)27-14-13-26(16-27)21-4-2-1-3-20(21)23(29)32-26/h1-8,19H,9-16H2. The molecule has 1 saturated heterocycles. The van der Waals surface area contributed by atoms with Crippen molar-refractivity contribution in [2.75, 3.05) is 13.1 Å². The van der Waals surface area contributed by atoms with E-state index in [9.17, 15) is 14.4 Å². The summed E-state index contributed by atoms with van der Waals surface area (Å²) in [6, 6.07) is 15.3. The molecule has 6 heteroatoms. The quantitative estimate of drug-likeness (QED) is 0.680. The summed E-state index contributed by atoms with van der Waals surface area (Å²) in [7, 11) is 0. The van der Waals surface area contributed by atoms with Crippen LogP contribution in [0.5, 0.6) is 0 Å². The smallest absolute Gasteiger partial charge is 0.339 e. The Morgan fingerprint density at radius 2 is 1.78 bits per heavy atom. The van der Waals surface area contributed by atoms with Gasteiger partial charge in [0, 0.05) is 18.5 Å². The van der Waals surface area contributed by atoms with Crippen molar-refractivity contribution in [2.24, 2.45) is 0 Å². The van der Waals surface area contributed by atoms with Crippen LogP contribution in [0.25, 0.3) is 0 Å². The summed E-state index contributed by atoms with van der Waals surface area (Å²) < 4.78 is 11.1. The molecule has 0 radical (unpaired) electrons. The summed E-state index contributed by atoms with van der Waals surface area (Å²) in [6.07, 6.45) is 4.57. The highest BCUT2D eigenvalue weighted by molar-refractivity contribution is 5.96. The topological polar surface area (TPSA) is 72.9 Å². The first-order chi connectivity index (χ1) is 15.5. The average Bonchev–Trinajstić information content (AvgIpc) is 3.72. The lowest BCUT2D eigenvalue weighted by Gasteiger charge is -2.27. The molecule has 3 fully saturated rings. The van der Waals surface area contributed by atoms with Crippen LogP contribution in [0.2, 0.25) is 0 Å². The number of hydrogen-bond donors (Lipinski definition) is 0. The van der Waals surface area contributed by atoms with Crippen LogP contribution < -0.4 is 0 Å². The Labute approximate surface area is 186 Å². The van der Waals surface area contributed by atoms with Crippen LogP contribution in [-0.2, 0) is 36.5 Å². The monoisotopic (exact) mass is 431 g/mol. The fourth-order valence-corrected chi connectivity index (χ4v) is 5.18. The van der Waals surface area contributed by atoms with Crippen molar-refractivity contribution in [3.05, 3.63) is 70.8 Å². The first-order valence-corrected chi connectivity index (χ1v) is 11.4. The minimum atomic E-state index is -0.717. The number of carbonyl (C=O) groups excluding carboxylic acids is 3. The Kier molecular flexibility index (Phi) is 4.23. The number of ether oxygens (including phenoxy) is 2. The van der Waals surface area contributed by atoms with Crippen molar-refractivity contribution in [1.82, 2.24) is 4.90 Å². The van der Waals surface area contributed by atoms with E-state index in [-0.39, 0.29) is 30.4 Å². The number of likely N-dealkylation sites (tertiary alicyclic amines) is 1. The summed E-state index contributed by atoms with van der Waals surface area (Å²) in [5.74, 6) is -0.381. The van der Waals surface area contributed by atoms with Crippen molar-refractivity contribution in [1.29, 1.82) is 0 Å². The van der Waals surface area contributed by atoms with Gasteiger partial charge >= 0.3 is 11.9 Å². The molecule has 164 valence electrons. The van der Waals surface area contributed by atoms with Gasteiger partial charge in [-0.15, -0.1) is 0 Å². The third-order valence-corrected chi connectivity index (χ3v) is 7.28. The molecule has 1 spiro atoms.